The summed E-state index contributed by atoms with van der Waals surface area (Å²) >= 11 is 5.66. The molecule has 64 valence electrons. The van der Waals surface area contributed by atoms with Crippen molar-refractivity contribution in [2.45, 2.75) is 6.17 Å². The lowest BCUT2D eigenvalue weighted by atomic mass is 10.1. The molecule has 0 aromatic heterocycles. The highest BCUT2D eigenvalue weighted by Gasteiger charge is 2.08. The number of alkyl halides is 1. The zero-order valence-electron chi connectivity index (χ0n) is 6.43. The summed E-state index contributed by atoms with van der Waals surface area (Å²) in [5, 5.41) is 0.476. The molecule has 0 aliphatic carbocycles. The predicted molar refractivity (Wildman–Crippen MR) is 49.9 cm³/mol. The van der Waals surface area contributed by atoms with Gasteiger partial charge in [-0.3, -0.25) is 0 Å². The first-order valence-corrected chi connectivity index (χ1v) is 3.84. The summed E-state index contributed by atoms with van der Waals surface area (Å²) in [6.07, 6.45) is -0.0640. The van der Waals surface area contributed by atoms with Crippen molar-refractivity contribution in [3.63, 3.8) is 0 Å². The normalized spacial score (nSPS) is 12.5. The molecule has 1 aromatic rings. The monoisotopic (exact) mass is 185 g/mol. The van der Waals surface area contributed by atoms with Crippen LogP contribution >= 0.6 is 11.6 Å². The molecule has 0 heterocycles. The van der Waals surface area contributed by atoms with Gasteiger partial charge in [0.25, 0.3) is 0 Å². The molecule has 0 saturated heterocycles. The van der Waals surface area contributed by atoms with Crippen molar-refractivity contribution in [3.05, 3.63) is 41.4 Å². The molecular weight excluding hydrogens is 177 g/mol. The third-order valence-electron chi connectivity index (χ3n) is 1.55. The molecule has 0 bridgehead atoms. The van der Waals surface area contributed by atoms with Crippen LogP contribution in [0.3, 0.4) is 0 Å². The summed E-state index contributed by atoms with van der Waals surface area (Å²) in [6.45, 7) is 3.33. The van der Waals surface area contributed by atoms with Gasteiger partial charge in [0.1, 0.15) is 6.17 Å². The maximum Gasteiger partial charge on any atom is 0.145 e. The Hall–Kier alpha value is -1.02. The Kier molecular flexibility index (Phi) is 2.71. The number of rotatable bonds is 2. The van der Waals surface area contributed by atoms with E-state index >= 15 is 0 Å². The van der Waals surface area contributed by atoms with Gasteiger partial charge >= 0.3 is 0 Å². The minimum absolute atomic E-state index is 0.373. The van der Waals surface area contributed by atoms with Crippen LogP contribution in [0.4, 0.5) is 10.1 Å². The zero-order chi connectivity index (χ0) is 9.14. The van der Waals surface area contributed by atoms with Gasteiger partial charge in [0.15, 0.2) is 0 Å². The molecule has 0 aliphatic heterocycles. The van der Waals surface area contributed by atoms with Crippen LogP contribution in [0, 0.1) is 0 Å². The van der Waals surface area contributed by atoms with Gasteiger partial charge in [-0.15, -0.1) is 0 Å². The number of anilines is 1. The van der Waals surface area contributed by atoms with Crippen molar-refractivity contribution in [1.29, 1.82) is 0 Å². The minimum Gasteiger partial charge on any atom is -0.398 e. The molecule has 0 aliphatic rings. The lowest BCUT2D eigenvalue weighted by Crippen LogP contribution is -1.95. The van der Waals surface area contributed by atoms with Gasteiger partial charge in [-0.25, -0.2) is 4.39 Å². The molecule has 1 rings (SSSR count). The van der Waals surface area contributed by atoms with E-state index < -0.39 is 6.17 Å². The van der Waals surface area contributed by atoms with Crippen LogP contribution in [-0.4, -0.2) is 0 Å². The number of hydrogen-bond donors (Lipinski definition) is 1. The molecule has 0 amide bonds. The summed E-state index contributed by atoms with van der Waals surface area (Å²) in [7, 11) is 0. The number of nitrogens with two attached hydrogens (primary N) is 1. The molecule has 1 aromatic carbocycles. The highest BCUT2D eigenvalue weighted by atomic mass is 35.5. The summed E-state index contributed by atoms with van der Waals surface area (Å²) in [5.74, 6) is 0. The molecule has 1 atom stereocenters. The molecule has 0 saturated carbocycles. The zero-order valence-corrected chi connectivity index (χ0v) is 7.18. The molecule has 12 heavy (non-hydrogen) atoms. The van der Waals surface area contributed by atoms with E-state index in [0.29, 0.717) is 16.3 Å². The fourth-order valence-corrected chi connectivity index (χ4v) is 1.09. The van der Waals surface area contributed by atoms with Gasteiger partial charge in [0.2, 0.25) is 0 Å². The molecular formula is C9H9ClFN. The lowest BCUT2D eigenvalue weighted by molar-refractivity contribution is 0.416. The van der Waals surface area contributed by atoms with Crippen LogP contribution in [0.15, 0.2) is 30.9 Å². The smallest absolute Gasteiger partial charge is 0.145 e. The van der Waals surface area contributed by atoms with Crippen molar-refractivity contribution >= 4 is 17.3 Å². The van der Waals surface area contributed by atoms with Crippen LogP contribution in [0.5, 0.6) is 0 Å². The van der Waals surface area contributed by atoms with Crippen molar-refractivity contribution in [2.75, 3.05) is 5.73 Å². The van der Waals surface area contributed by atoms with Crippen molar-refractivity contribution in [2.24, 2.45) is 0 Å². The maximum atomic E-state index is 13.0. The second-order valence-electron chi connectivity index (χ2n) is 2.41. The van der Waals surface area contributed by atoms with Crippen LogP contribution in [0.25, 0.3) is 0 Å². The average molecular weight is 186 g/mol. The van der Waals surface area contributed by atoms with Gasteiger partial charge in [-0.1, -0.05) is 24.3 Å². The summed E-state index contributed by atoms with van der Waals surface area (Å²) in [6, 6.07) is 4.70. The third-order valence-corrected chi connectivity index (χ3v) is 1.79. The van der Waals surface area contributed by atoms with E-state index in [-0.39, 0.29) is 0 Å². The Morgan fingerprint density at radius 2 is 2.25 bits per heavy atom. The van der Waals surface area contributed by atoms with Gasteiger partial charge in [-0.2, -0.15) is 0 Å². The summed E-state index contributed by atoms with van der Waals surface area (Å²) in [4.78, 5) is 0. The average Bonchev–Trinajstić information content (AvgIpc) is 2.08. The fourth-order valence-electron chi connectivity index (χ4n) is 0.911. The Morgan fingerprint density at radius 1 is 1.58 bits per heavy atom. The van der Waals surface area contributed by atoms with E-state index in [1.807, 2.05) is 0 Å². The van der Waals surface area contributed by atoms with Crippen LogP contribution in [-0.2, 0) is 0 Å². The molecule has 3 heteroatoms. The number of nitrogen functional groups attached to an aromatic ring is 1. The van der Waals surface area contributed by atoms with E-state index in [9.17, 15) is 4.39 Å². The largest absolute Gasteiger partial charge is 0.398 e. The van der Waals surface area contributed by atoms with Gasteiger partial charge < -0.3 is 5.73 Å². The minimum atomic E-state index is -1.25. The van der Waals surface area contributed by atoms with E-state index in [1.54, 1.807) is 12.1 Å². The number of halogens is 2. The predicted octanol–water partition coefficient (Wildman–Crippen LogP) is 3.12. The fraction of sp³-hybridized carbons (Fsp3) is 0.111. The Labute approximate surface area is 75.6 Å². The van der Waals surface area contributed by atoms with E-state index in [0.717, 1.165) is 0 Å². The first kappa shape index (κ1) is 9.07. The van der Waals surface area contributed by atoms with E-state index in [2.05, 4.69) is 6.58 Å². The standard InChI is InChI=1S/C9H9ClFN/c1-2-8(11)7-5-6(10)3-4-9(7)12/h2-5,8H,1,12H2. The molecule has 1 nitrogen and oxygen atoms in total. The quantitative estimate of drug-likeness (QED) is 0.556. The first-order valence-electron chi connectivity index (χ1n) is 3.46. The number of allylic oxidation sites excluding steroid dienone is 1. The molecule has 2 N–H and O–H groups in total. The molecule has 0 fully saturated rings. The maximum absolute atomic E-state index is 13.0. The number of benzene rings is 1. The van der Waals surface area contributed by atoms with Crippen LogP contribution < -0.4 is 5.73 Å². The highest BCUT2D eigenvalue weighted by molar-refractivity contribution is 6.30. The van der Waals surface area contributed by atoms with Crippen molar-refractivity contribution < 1.29 is 4.39 Å². The number of hydrogen-bond acceptors (Lipinski definition) is 1. The Balaban J connectivity index is 3.12. The van der Waals surface area contributed by atoms with Crippen molar-refractivity contribution in [3.8, 4) is 0 Å². The molecule has 0 spiro atoms. The first-order chi connectivity index (χ1) is 5.65. The third kappa shape index (κ3) is 1.77. The topological polar surface area (TPSA) is 26.0 Å². The van der Waals surface area contributed by atoms with Gasteiger partial charge in [0.05, 0.1) is 0 Å². The SMILES string of the molecule is C=CC(F)c1cc(Cl)ccc1N. The highest BCUT2D eigenvalue weighted by Crippen LogP contribution is 2.27. The second kappa shape index (κ2) is 3.59. The lowest BCUT2D eigenvalue weighted by Gasteiger charge is -2.06. The van der Waals surface area contributed by atoms with Gasteiger partial charge in [-0.05, 0) is 18.2 Å². The summed E-state index contributed by atoms with van der Waals surface area (Å²) in [5.41, 5.74) is 6.29. The van der Waals surface area contributed by atoms with E-state index in [4.69, 9.17) is 17.3 Å². The Bertz CT molecular complexity index is 299. The van der Waals surface area contributed by atoms with Gasteiger partial charge in [0, 0.05) is 16.3 Å². The molecule has 0 radical (unpaired) electrons. The second-order valence-corrected chi connectivity index (χ2v) is 2.85. The summed E-state index contributed by atoms with van der Waals surface area (Å²) < 4.78 is 13.0. The van der Waals surface area contributed by atoms with Crippen molar-refractivity contribution in [1.82, 2.24) is 0 Å². The van der Waals surface area contributed by atoms with Crippen LogP contribution in [0.2, 0.25) is 5.02 Å². The van der Waals surface area contributed by atoms with E-state index in [1.165, 1.54) is 12.1 Å². The Morgan fingerprint density at radius 3 is 2.83 bits per heavy atom. The van der Waals surface area contributed by atoms with Crippen LogP contribution in [0.1, 0.15) is 11.7 Å². The molecule has 1 unspecified atom stereocenters.